The molecule has 2 aliphatic rings. The van der Waals surface area contributed by atoms with E-state index in [-0.39, 0.29) is 11.1 Å². The average Bonchev–Trinajstić information content (AvgIpc) is 1.59. The lowest BCUT2D eigenvalue weighted by atomic mass is 9.78. The zero-order chi connectivity index (χ0) is 60.6. The molecular formula is C78H74N4O4. The van der Waals surface area contributed by atoms with Crippen molar-refractivity contribution in [2.45, 2.75) is 38.9 Å². The van der Waals surface area contributed by atoms with Gasteiger partial charge in [-0.15, -0.1) is 0 Å². The Labute approximate surface area is 507 Å². The number of ether oxygens (including phenoxy) is 2. The average molecular weight is 1130 g/mol. The van der Waals surface area contributed by atoms with E-state index >= 15 is 9.59 Å². The number of fused-ring (bicyclic) bond motifs is 2. The third kappa shape index (κ3) is 11.7. The van der Waals surface area contributed by atoms with Gasteiger partial charge in [-0.05, 0) is 179 Å². The molecule has 0 fully saturated rings. The number of benzene rings is 9. The van der Waals surface area contributed by atoms with Crippen molar-refractivity contribution < 1.29 is 19.1 Å². The van der Waals surface area contributed by atoms with Crippen LogP contribution in [0.25, 0.3) is 22.3 Å². The molecule has 0 bridgehead atoms. The molecule has 430 valence electrons. The van der Waals surface area contributed by atoms with Crippen molar-refractivity contribution in [1.82, 2.24) is 0 Å². The first kappa shape index (κ1) is 57.9. The minimum Gasteiger partial charge on any atom is -0.442 e. The number of anilines is 4. The molecule has 2 aliphatic heterocycles. The number of cyclic esters (lactones) is 2. The van der Waals surface area contributed by atoms with E-state index in [1.807, 2.05) is 62.4 Å². The number of carbonyl (C=O) groups is 2. The Balaban J connectivity index is 1.28. The smallest absolute Gasteiger partial charge is 0.340 e. The fraction of sp³-hybridized carbons (Fsp3) is 0.179. The number of aryl methyl sites for hydroxylation is 4. The molecule has 9 aromatic carbocycles. The van der Waals surface area contributed by atoms with Gasteiger partial charge in [0.05, 0.1) is 11.1 Å². The quantitative estimate of drug-likeness (QED) is 0.0887. The lowest BCUT2D eigenvalue weighted by Crippen LogP contribution is -2.25. The summed E-state index contributed by atoms with van der Waals surface area (Å²) < 4.78 is 14.3. The van der Waals surface area contributed by atoms with Crippen LogP contribution in [0.15, 0.2) is 231 Å². The van der Waals surface area contributed by atoms with Gasteiger partial charge in [0, 0.05) is 90.3 Å². The van der Waals surface area contributed by atoms with Crippen LogP contribution in [0, 0.1) is 27.7 Å². The Bertz CT molecular complexity index is 3650. The van der Waals surface area contributed by atoms with Gasteiger partial charge in [-0.2, -0.15) is 0 Å². The highest BCUT2D eigenvalue weighted by molar-refractivity contribution is 6.04. The molecule has 2 unspecified atom stereocenters. The van der Waals surface area contributed by atoms with Crippen molar-refractivity contribution in [3.63, 3.8) is 0 Å². The maximum Gasteiger partial charge on any atom is 0.340 e. The van der Waals surface area contributed by atoms with E-state index in [9.17, 15) is 0 Å². The van der Waals surface area contributed by atoms with Crippen molar-refractivity contribution >= 4 is 57.0 Å². The summed E-state index contributed by atoms with van der Waals surface area (Å²) in [5.74, 6) is -1.13. The molecule has 0 saturated heterocycles. The zero-order valence-corrected chi connectivity index (χ0v) is 51.4. The van der Waals surface area contributed by atoms with Gasteiger partial charge < -0.3 is 29.1 Å². The number of esters is 2. The second-order valence-corrected chi connectivity index (χ2v) is 23.8. The first-order chi connectivity index (χ1) is 41.3. The molecule has 0 aromatic heterocycles. The van der Waals surface area contributed by atoms with E-state index in [0.29, 0.717) is 11.1 Å². The van der Waals surface area contributed by atoms with Crippen molar-refractivity contribution in [2.75, 3.05) is 76.0 Å². The van der Waals surface area contributed by atoms with E-state index in [2.05, 4.69) is 266 Å². The van der Waals surface area contributed by atoms with E-state index in [0.717, 1.165) is 112 Å². The lowest BCUT2D eigenvalue weighted by molar-refractivity contribution is 0.0294. The van der Waals surface area contributed by atoms with Gasteiger partial charge in [0.25, 0.3) is 0 Å². The molecule has 8 nitrogen and oxygen atoms in total. The summed E-state index contributed by atoms with van der Waals surface area (Å²) in [5, 5.41) is 0. The summed E-state index contributed by atoms with van der Waals surface area (Å²) in [5.41, 5.74) is 17.9. The van der Waals surface area contributed by atoms with Crippen molar-refractivity contribution in [3.05, 3.63) is 320 Å². The Morgan fingerprint density at radius 3 is 0.663 bits per heavy atom. The van der Waals surface area contributed by atoms with E-state index in [1.165, 1.54) is 0 Å². The highest BCUT2D eigenvalue weighted by Gasteiger charge is 2.50. The number of nitrogens with zero attached hydrogens (tertiary/aromatic N) is 4. The molecule has 0 amide bonds. The van der Waals surface area contributed by atoms with E-state index < -0.39 is 23.1 Å². The van der Waals surface area contributed by atoms with Gasteiger partial charge >= 0.3 is 11.9 Å². The highest BCUT2D eigenvalue weighted by Crippen LogP contribution is 2.51. The summed E-state index contributed by atoms with van der Waals surface area (Å²) in [4.78, 5) is 39.2. The normalized spacial score (nSPS) is 15.5. The van der Waals surface area contributed by atoms with Crippen LogP contribution >= 0.6 is 0 Å². The molecule has 8 heteroatoms. The minimum absolute atomic E-state index is 0.269. The fourth-order valence-corrected chi connectivity index (χ4v) is 11.5. The number of rotatable bonds is 16. The van der Waals surface area contributed by atoms with Gasteiger partial charge in [-0.3, -0.25) is 0 Å². The highest BCUT2D eigenvalue weighted by atomic mass is 16.6. The van der Waals surface area contributed by atoms with Crippen LogP contribution in [0.5, 0.6) is 0 Å². The first-order valence-corrected chi connectivity index (χ1v) is 29.2. The standard InChI is InChI=1S/C78H74N4O4/c1-51-13-21-55(22-14-51)69(56-23-15-52(2)16-24-56)47-77(49-71(59-29-37-63(38-30-59)79(5)6)60-31-39-64(40-32-60)80(7)8)73-46-74-68(45-67(73)75(83)85-77)76(84)86-78(74,48-70(57-25-17-53(3)18-26-57)58-27-19-54(4)20-28-58)50-72(61-33-41-65(42-34-61)81(9)10)62-35-43-66(44-36-62)82(11)12/h13-50H,1-12H3. The molecule has 11 rings (SSSR count). The predicted molar refractivity (Wildman–Crippen MR) is 357 cm³/mol. The van der Waals surface area contributed by atoms with Gasteiger partial charge in [0.15, 0.2) is 11.2 Å². The summed E-state index contributed by atoms with van der Waals surface area (Å²) in [7, 11) is 16.3. The molecule has 0 saturated carbocycles. The molecule has 9 aromatic rings. The Kier molecular flexibility index (Phi) is 15.9. The first-order valence-electron chi connectivity index (χ1n) is 29.2. The fourth-order valence-electron chi connectivity index (χ4n) is 11.5. The van der Waals surface area contributed by atoms with Crippen LogP contribution in [0.2, 0.25) is 0 Å². The summed E-state index contributed by atoms with van der Waals surface area (Å²) >= 11 is 0. The number of hydrogen-bond acceptors (Lipinski definition) is 8. The maximum atomic E-state index is 15.4. The molecule has 86 heavy (non-hydrogen) atoms. The van der Waals surface area contributed by atoms with Gasteiger partial charge in [0.2, 0.25) is 0 Å². The van der Waals surface area contributed by atoms with Crippen LogP contribution in [-0.2, 0) is 20.7 Å². The molecule has 2 heterocycles. The zero-order valence-electron chi connectivity index (χ0n) is 51.4. The monoisotopic (exact) mass is 1130 g/mol. The third-order valence-electron chi connectivity index (χ3n) is 16.6. The lowest BCUT2D eigenvalue weighted by Gasteiger charge is -2.29. The number of carbonyl (C=O) groups excluding carboxylic acids is 2. The minimum atomic E-state index is -1.60. The molecule has 0 radical (unpaired) electrons. The van der Waals surface area contributed by atoms with Crippen molar-refractivity contribution in [1.29, 1.82) is 0 Å². The summed E-state index contributed by atoms with van der Waals surface area (Å²) in [6.07, 6.45) is 8.44. The van der Waals surface area contributed by atoms with Crippen molar-refractivity contribution in [2.24, 2.45) is 0 Å². The van der Waals surface area contributed by atoms with E-state index in [1.54, 1.807) is 6.07 Å². The second kappa shape index (κ2) is 23.6. The maximum absolute atomic E-state index is 15.4. The van der Waals surface area contributed by atoms with Gasteiger partial charge in [-0.1, -0.05) is 168 Å². The third-order valence-corrected chi connectivity index (χ3v) is 16.6. The van der Waals surface area contributed by atoms with Crippen LogP contribution in [0.1, 0.15) is 98.6 Å². The van der Waals surface area contributed by atoms with Crippen LogP contribution in [0.3, 0.4) is 0 Å². The molecule has 0 aliphatic carbocycles. The molecule has 0 spiro atoms. The van der Waals surface area contributed by atoms with Crippen LogP contribution in [-0.4, -0.2) is 68.3 Å². The van der Waals surface area contributed by atoms with Crippen LogP contribution in [0.4, 0.5) is 22.7 Å². The van der Waals surface area contributed by atoms with Gasteiger partial charge in [-0.25, -0.2) is 9.59 Å². The topological polar surface area (TPSA) is 65.6 Å². The second-order valence-electron chi connectivity index (χ2n) is 23.8. The molecule has 2 atom stereocenters. The van der Waals surface area contributed by atoms with Gasteiger partial charge in [0.1, 0.15) is 0 Å². The Morgan fingerprint density at radius 1 is 0.291 bits per heavy atom. The summed E-state index contributed by atoms with van der Waals surface area (Å²) in [6.45, 7) is 8.33. The van der Waals surface area contributed by atoms with E-state index in [4.69, 9.17) is 9.47 Å². The Morgan fingerprint density at radius 2 is 0.477 bits per heavy atom. The predicted octanol–water partition coefficient (Wildman–Crippen LogP) is 16.4. The largest absolute Gasteiger partial charge is 0.442 e. The molecule has 0 N–H and O–H groups in total. The molecular weight excluding hydrogens is 1060 g/mol. The Hall–Kier alpha value is -9.92. The van der Waals surface area contributed by atoms with Crippen LogP contribution < -0.4 is 19.6 Å². The summed E-state index contributed by atoms with van der Waals surface area (Å²) in [6, 6.07) is 71.6. The number of hydrogen-bond donors (Lipinski definition) is 0. The SMILES string of the molecule is Cc1ccc(C(=CC2(C=C(c3ccc(N(C)C)cc3)c3ccc(N(C)C)cc3)OC(=O)c3cc4c(cc32)C(C=C(c2ccc(C)cc2)c2ccc(C)cc2)(C=C(c2ccc(N(C)C)cc2)c2ccc(N(C)C)cc2)OC4=O)c2ccc(C)cc2)cc1. The van der Waals surface area contributed by atoms with Crippen molar-refractivity contribution in [3.8, 4) is 0 Å².